The van der Waals surface area contributed by atoms with Crippen molar-refractivity contribution in [3.63, 3.8) is 0 Å². The number of halogens is 1. The molecule has 0 amide bonds. The summed E-state index contributed by atoms with van der Waals surface area (Å²) in [5, 5.41) is 3.43. The SMILES string of the molecule is CCCN(C)c1ccc(C(C)NCC)c(Br)c1. The van der Waals surface area contributed by atoms with E-state index in [1.807, 2.05) is 0 Å². The first-order chi connectivity index (χ1) is 8.10. The van der Waals surface area contributed by atoms with Gasteiger partial charge in [0.05, 0.1) is 0 Å². The molecule has 1 atom stereocenters. The number of hydrogen-bond donors (Lipinski definition) is 1. The minimum Gasteiger partial charge on any atom is -0.375 e. The molecule has 1 aromatic carbocycles. The van der Waals surface area contributed by atoms with Crippen LogP contribution in [0.3, 0.4) is 0 Å². The van der Waals surface area contributed by atoms with Crippen LogP contribution in [0.25, 0.3) is 0 Å². The average molecular weight is 299 g/mol. The van der Waals surface area contributed by atoms with Crippen LogP contribution < -0.4 is 10.2 Å². The zero-order valence-corrected chi connectivity index (χ0v) is 12.8. The smallest absolute Gasteiger partial charge is 0.0375 e. The number of anilines is 1. The fourth-order valence-electron chi connectivity index (χ4n) is 1.99. The molecule has 0 aromatic heterocycles. The second kappa shape index (κ2) is 7.02. The van der Waals surface area contributed by atoms with Crippen molar-refractivity contribution >= 4 is 21.6 Å². The minimum absolute atomic E-state index is 0.389. The standard InChI is InChI=1S/C14H23BrN2/c1-5-9-17(4)12-7-8-13(14(15)10-12)11(3)16-6-2/h7-8,10-11,16H,5-6,9H2,1-4H3. The fourth-order valence-corrected chi connectivity index (χ4v) is 2.70. The van der Waals surface area contributed by atoms with Crippen molar-refractivity contribution in [2.24, 2.45) is 0 Å². The lowest BCUT2D eigenvalue weighted by atomic mass is 10.1. The van der Waals surface area contributed by atoms with E-state index < -0.39 is 0 Å². The van der Waals surface area contributed by atoms with Crippen LogP contribution in [0.1, 0.15) is 38.8 Å². The van der Waals surface area contributed by atoms with Gasteiger partial charge in [-0.15, -0.1) is 0 Å². The van der Waals surface area contributed by atoms with Gasteiger partial charge in [0.2, 0.25) is 0 Å². The van der Waals surface area contributed by atoms with Crippen LogP contribution in [0.2, 0.25) is 0 Å². The highest BCUT2D eigenvalue weighted by Gasteiger charge is 2.09. The average Bonchev–Trinajstić information content (AvgIpc) is 2.29. The summed E-state index contributed by atoms with van der Waals surface area (Å²) in [5.74, 6) is 0. The van der Waals surface area contributed by atoms with Crippen LogP contribution in [-0.2, 0) is 0 Å². The number of rotatable bonds is 6. The molecule has 0 spiro atoms. The Morgan fingerprint density at radius 1 is 1.35 bits per heavy atom. The molecule has 0 radical (unpaired) electrons. The maximum absolute atomic E-state index is 3.67. The third-order valence-corrected chi connectivity index (χ3v) is 3.65. The van der Waals surface area contributed by atoms with Crippen LogP contribution >= 0.6 is 15.9 Å². The van der Waals surface area contributed by atoms with Crippen LogP contribution in [0.4, 0.5) is 5.69 Å². The highest BCUT2D eigenvalue weighted by atomic mass is 79.9. The molecule has 96 valence electrons. The largest absolute Gasteiger partial charge is 0.375 e. The predicted molar refractivity (Wildman–Crippen MR) is 79.8 cm³/mol. The number of nitrogens with zero attached hydrogens (tertiary/aromatic N) is 1. The monoisotopic (exact) mass is 298 g/mol. The van der Waals surface area contributed by atoms with Crippen LogP contribution in [0.15, 0.2) is 22.7 Å². The van der Waals surface area contributed by atoms with Gasteiger partial charge in [-0.2, -0.15) is 0 Å². The van der Waals surface area contributed by atoms with Gasteiger partial charge in [-0.25, -0.2) is 0 Å². The molecule has 3 heteroatoms. The van der Waals surface area contributed by atoms with Crippen LogP contribution in [0.5, 0.6) is 0 Å². The summed E-state index contributed by atoms with van der Waals surface area (Å²) >= 11 is 3.67. The van der Waals surface area contributed by atoms with Gasteiger partial charge in [0.15, 0.2) is 0 Å². The lowest BCUT2D eigenvalue weighted by molar-refractivity contribution is 0.596. The molecule has 1 aromatic rings. The Balaban J connectivity index is 2.85. The Morgan fingerprint density at radius 3 is 2.59 bits per heavy atom. The van der Waals surface area contributed by atoms with Gasteiger partial charge < -0.3 is 10.2 Å². The quantitative estimate of drug-likeness (QED) is 0.855. The Bertz CT molecular complexity index is 352. The van der Waals surface area contributed by atoms with Gasteiger partial charge in [-0.3, -0.25) is 0 Å². The zero-order valence-electron chi connectivity index (χ0n) is 11.3. The van der Waals surface area contributed by atoms with E-state index in [1.165, 1.54) is 22.1 Å². The van der Waals surface area contributed by atoms with Gasteiger partial charge >= 0.3 is 0 Å². The van der Waals surface area contributed by atoms with Crippen molar-refractivity contribution in [1.82, 2.24) is 5.32 Å². The van der Waals surface area contributed by atoms with Crippen LogP contribution in [0, 0.1) is 0 Å². The normalized spacial score (nSPS) is 12.5. The van der Waals surface area contributed by atoms with E-state index >= 15 is 0 Å². The van der Waals surface area contributed by atoms with Gasteiger partial charge in [0.1, 0.15) is 0 Å². The van der Waals surface area contributed by atoms with Crippen molar-refractivity contribution in [2.75, 3.05) is 25.0 Å². The molecule has 0 saturated heterocycles. The summed E-state index contributed by atoms with van der Waals surface area (Å²) < 4.78 is 1.19. The van der Waals surface area contributed by atoms with E-state index in [1.54, 1.807) is 0 Å². The van der Waals surface area contributed by atoms with Gasteiger partial charge in [-0.05, 0) is 37.6 Å². The summed E-state index contributed by atoms with van der Waals surface area (Å²) in [5.41, 5.74) is 2.59. The Hall–Kier alpha value is -0.540. The fraction of sp³-hybridized carbons (Fsp3) is 0.571. The molecule has 1 N–H and O–H groups in total. The summed E-state index contributed by atoms with van der Waals surface area (Å²) in [6.07, 6.45) is 1.17. The minimum atomic E-state index is 0.389. The summed E-state index contributed by atoms with van der Waals surface area (Å²) in [4.78, 5) is 2.28. The molecule has 0 heterocycles. The van der Waals surface area contributed by atoms with E-state index in [0.29, 0.717) is 6.04 Å². The topological polar surface area (TPSA) is 15.3 Å². The van der Waals surface area contributed by atoms with E-state index in [0.717, 1.165) is 13.1 Å². The van der Waals surface area contributed by atoms with Crippen molar-refractivity contribution in [3.05, 3.63) is 28.2 Å². The zero-order chi connectivity index (χ0) is 12.8. The first kappa shape index (κ1) is 14.5. The second-order valence-corrected chi connectivity index (χ2v) is 5.26. The third-order valence-electron chi connectivity index (χ3n) is 2.96. The highest BCUT2D eigenvalue weighted by Crippen LogP contribution is 2.27. The lowest BCUT2D eigenvalue weighted by Crippen LogP contribution is -2.20. The summed E-state index contributed by atoms with van der Waals surface area (Å²) in [7, 11) is 2.14. The lowest BCUT2D eigenvalue weighted by Gasteiger charge is -2.21. The van der Waals surface area contributed by atoms with Crippen LogP contribution in [-0.4, -0.2) is 20.1 Å². The molecule has 1 rings (SSSR count). The molecular formula is C14H23BrN2. The summed E-state index contributed by atoms with van der Waals surface area (Å²) in [6.45, 7) is 8.61. The molecule has 1 unspecified atom stereocenters. The number of benzene rings is 1. The van der Waals surface area contributed by atoms with E-state index in [2.05, 4.69) is 72.2 Å². The number of nitrogens with one attached hydrogen (secondary N) is 1. The molecular weight excluding hydrogens is 276 g/mol. The predicted octanol–water partition coefficient (Wildman–Crippen LogP) is 3.97. The van der Waals surface area contributed by atoms with Gasteiger partial charge in [0.25, 0.3) is 0 Å². The number of hydrogen-bond acceptors (Lipinski definition) is 2. The van der Waals surface area contributed by atoms with Crippen molar-refractivity contribution < 1.29 is 0 Å². The van der Waals surface area contributed by atoms with Gasteiger partial charge in [-0.1, -0.05) is 35.8 Å². The van der Waals surface area contributed by atoms with Crippen molar-refractivity contribution in [1.29, 1.82) is 0 Å². The molecule has 0 bridgehead atoms. The second-order valence-electron chi connectivity index (χ2n) is 4.41. The van der Waals surface area contributed by atoms with Crippen molar-refractivity contribution in [3.8, 4) is 0 Å². The Labute approximate surface area is 114 Å². The first-order valence-electron chi connectivity index (χ1n) is 6.34. The molecule has 0 aliphatic heterocycles. The Morgan fingerprint density at radius 2 is 2.06 bits per heavy atom. The maximum atomic E-state index is 3.67. The molecule has 0 fully saturated rings. The van der Waals surface area contributed by atoms with Crippen molar-refractivity contribution in [2.45, 2.75) is 33.2 Å². The molecule has 17 heavy (non-hydrogen) atoms. The first-order valence-corrected chi connectivity index (χ1v) is 7.13. The van der Waals surface area contributed by atoms with E-state index in [4.69, 9.17) is 0 Å². The molecule has 0 saturated carbocycles. The summed E-state index contributed by atoms with van der Waals surface area (Å²) in [6, 6.07) is 7.00. The van der Waals surface area contributed by atoms with E-state index in [9.17, 15) is 0 Å². The van der Waals surface area contributed by atoms with E-state index in [-0.39, 0.29) is 0 Å². The highest BCUT2D eigenvalue weighted by molar-refractivity contribution is 9.10. The molecule has 2 nitrogen and oxygen atoms in total. The van der Waals surface area contributed by atoms with Gasteiger partial charge in [0, 0.05) is 29.8 Å². The molecule has 0 aliphatic rings. The Kier molecular flexibility index (Phi) is 6.00. The molecule has 0 aliphatic carbocycles. The third kappa shape index (κ3) is 4.00. The maximum Gasteiger partial charge on any atom is 0.0375 e.